The van der Waals surface area contributed by atoms with Crippen LogP contribution in [0.3, 0.4) is 0 Å². The molecule has 2 atom stereocenters. The maximum Gasteiger partial charge on any atom is 0.362 e. The molecule has 1 amide bonds. The fourth-order valence-corrected chi connectivity index (χ4v) is 5.03. The predicted molar refractivity (Wildman–Crippen MR) is 138 cm³/mol. The molecule has 1 fully saturated rings. The van der Waals surface area contributed by atoms with Crippen molar-refractivity contribution in [3.8, 4) is 5.75 Å². The Balaban J connectivity index is 1.59. The van der Waals surface area contributed by atoms with Crippen molar-refractivity contribution in [3.05, 3.63) is 40.9 Å². The Kier molecular flexibility index (Phi) is 8.83. The van der Waals surface area contributed by atoms with Crippen LogP contribution in [0.15, 0.2) is 39.8 Å². The Morgan fingerprint density at radius 3 is 2.49 bits per heavy atom. The van der Waals surface area contributed by atoms with Gasteiger partial charge < -0.3 is 21.0 Å². The zero-order chi connectivity index (χ0) is 27.3. The van der Waals surface area contributed by atoms with Gasteiger partial charge in [-0.2, -0.15) is 8.42 Å². The molecule has 2 heterocycles. The fourth-order valence-electron chi connectivity index (χ4n) is 3.55. The summed E-state index contributed by atoms with van der Waals surface area (Å²) < 4.78 is 37.7. The van der Waals surface area contributed by atoms with Crippen LogP contribution in [0.4, 0.5) is 5.13 Å². The summed E-state index contributed by atoms with van der Waals surface area (Å²) in [6.45, 7) is 5.38. The highest BCUT2D eigenvalue weighted by molar-refractivity contribution is 7.84. The molecule has 5 N–H and O–H groups in total. The molecule has 3 rings (SSSR count). The van der Waals surface area contributed by atoms with Crippen molar-refractivity contribution in [2.75, 3.05) is 18.9 Å². The van der Waals surface area contributed by atoms with Crippen molar-refractivity contribution in [3.63, 3.8) is 0 Å². The number of Topliss-reactive ketones (excluding diaryl/α,β-unsaturated/α-hetero) is 1. The molecule has 1 aromatic carbocycles. The van der Waals surface area contributed by atoms with Crippen LogP contribution in [-0.2, 0) is 24.7 Å². The van der Waals surface area contributed by atoms with Crippen LogP contribution < -0.4 is 16.2 Å². The van der Waals surface area contributed by atoms with Gasteiger partial charge in [0.15, 0.2) is 23.2 Å². The van der Waals surface area contributed by atoms with Crippen LogP contribution in [0.25, 0.3) is 0 Å². The van der Waals surface area contributed by atoms with Gasteiger partial charge in [0.05, 0.1) is 12.0 Å². The zero-order valence-corrected chi connectivity index (χ0v) is 22.0. The van der Waals surface area contributed by atoms with E-state index in [0.717, 1.165) is 16.9 Å². The molecule has 0 radical (unpaired) electrons. The summed E-state index contributed by atoms with van der Waals surface area (Å²) in [5, 5.41) is 5.60. The molecular weight excluding hydrogens is 524 g/mol. The van der Waals surface area contributed by atoms with Gasteiger partial charge in [0, 0.05) is 23.4 Å². The third-order valence-corrected chi connectivity index (χ3v) is 7.00. The van der Waals surface area contributed by atoms with E-state index < -0.39 is 34.0 Å². The zero-order valence-electron chi connectivity index (χ0n) is 20.4. The van der Waals surface area contributed by atoms with E-state index in [1.807, 2.05) is 13.8 Å². The number of amides is 1. The van der Waals surface area contributed by atoms with E-state index in [-0.39, 0.29) is 42.2 Å². The maximum atomic E-state index is 12.9. The molecule has 0 spiro atoms. The topological polar surface area (TPSA) is 200 Å². The van der Waals surface area contributed by atoms with E-state index in [1.165, 1.54) is 12.3 Å². The summed E-state index contributed by atoms with van der Waals surface area (Å²) in [6.07, 6.45) is -0.349. The number of ether oxygens (including phenoxy) is 1. The number of aromatic nitrogens is 1. The first-order chi connectivity index (χ1) is 17.4. The second kappa shape index (κ2) is 11.7. The number of nitrogens with zero attached hydrogens (tertiary/aromatic N) is 4. The Labute approximate surface area is 218 Å². The first kappa shape index (κ1) is 28.0. The van der Waals surface area contributed by atoms with Crippen LogP contribution in [0, 0.1) is 5.92 Å². The van der Waals surface area contributed by atoms with E-state index in [2.05, 4.69) is 15.1 Å². The van der Waals surface area contributed by atoms with Gasteiger partial charge >= 0.3 is 10.3 Å². The minimum Gasteiger partial charge on any atom is -0.490 e. The Bertz CT molecular complexity index is 1310. The van der Waals surface area contributed by atoms with E-state index in [1.54, 1.807) is 24.3 Å². The van der Waals surface area contributed by atoms with Crippen LogP contribution in [0.1, 0.15) is 38.4 Å². The average molecular weight is 553 g/mol. The first-order valence-electron chi connectivity index (χ1n) is 11.2. The number of aliphatic imine (C=N–C) groups is 1. The predicted octanol–water partition coefficient (Wildman–Crippen LogP) is 1.25. The molecule has 0 saturated carbocycles. The lowest BCUT2D eigenvalue weighted by molar-refractivity contribution is -0.147. The average Bonchev–Trinajstić information content (AvgIpc) is 3.24. The van der Waals surface area contributed by atoms with Crippen molar-refractivity contribution >= 4 is 50.0 Å². The van der Waals surface area contributed by atoms with Crippen molar-refractivity contribution in [1.82, 2.24) is 9.29 Å². The van der Waals surface area contributed by atoms with Crippen molar-refractivity contribution in [1.29, 1.82) is 0 Å². The highest BCUT2D eigenvalue weighted by Gasteiger charge is 2.51. The summed E-state index contributed by atoms with van der Waals surface area (Å²) >= 11 is 1.09. The standard InChI is InChI=1S/C22H28N6O7S2/c1-12(2)25-20(23)14-4-6-15(7-5-14)34-8-9-35-27-19(17-11-36-22(24)26-17)18(29)10-16-13(3)28(21(16)30)37(31,32)33/h4-7,11-13,16H,8-10H2,1-3H3,(H2,23,25)(H2,24,26)(H,31,32,33)/b27-19-/t13-,16-/m0/s1. The van der Waals surface area contributed by atoms with E-state index in [0.29, 0.717) is 15.9 Å². The molecule has 37 heavy (non-hydrogen) atoms. The second-order valence-corrected chi connectivity index (χ2v) is 10.6. The minimum absolute atomic E-state index is 0.00953. The monoisotopic (exact) mass is 552 g/mol. The number of nitrogen functional groups attached to an aromatic ring is 1. The lowest BCUT2D eigenvalue weighted by atomic mass is 9.86. The molecule has 0 unspecified atom stereocenters. The molecule has 2 aromatic rings. The maximum absolute atomic E-state index is 12.9. The van der Waals surface area contributed by atoms with E-state index in [4.69, 9.17) is 25.6 Å². The molecule has 15 heteroatoms. The number of β-lactam (4-membered cyclic amide) rings is 1. The largest absolute Gasteiger partial charge is 0.490 e. The number of carbonyl (C=O) groups excluding carboxylic acids is 2. The van der Waals surface area contributed by atoms with Gasteiger partial charge in [-0.05, 0) is 45.0 Å². The number of carbonyl (C=O) groups is 2. The number of amidine groups is 1. The number of rotatable bonds is 12. The molecule has 1 saturated heterocycles. The number of ketones is 1. The van der Waals surface area contributed by atoms with Crippen molar-refractivity contribution in [2.45, 2.75) is 39.3 Å². The molecule has 1 aliphatic heterocycles. The van der Waals surface area contributed by atoms with Gasteiger partial charge in [0.25, 0.3) is 0 Å². The molecule has 13 nitrogen and oxygen atoms in total. The number of hydrogen-bond donors (Lipinski definition) is 3. The summed E-state index contributed by atoms with van der Waals surface area (Å²) in [7, 11) is -4.69. The van der Waals surface area contributed by atoms with Gasteiger partial charge in [-0.25, -0.2) is 9.29 Å². The van der Waals surface area contributed by atoms with Gasteiger partial charge in [-0.15, -0.1) is 11.3 Å². The summed E-state index contributed by atoms with van der Waals surface area (Å²) in [6, 6.07) is 6.23. The quantitative estimate of drug-likeness (QED) is 0.0859. The van der Waals surface area contributed by atoms with Crippen LogP contribution in [0.5, 0.6) is 5.75 Å². The number of thiazole rings is 1. The van der Waals surface area contributed by atoms with Crippen molar-refractivity contribution < 1.29 is 32.1 Å². The fraction of sp³-hybridized carbons (Fsp3) is 0.409. The lowest BCUT2D eigenvalue weighted by Crippen LogP contribution is -2.62. The molecule has 0 bridgehead atoms. The van der Waals surface area contributed by atoms with E-state index in [9.17, 15) is 18.0 Å². The van der Waals surface area contributed by atoms with Crippen LogP contribution >= 0.6 is 11.3 Å². The highest BCUT2D eigenvalue weighted by atomic mass is 32.2. The molecule has 1 aromatic heterocycles. The smallest absolute Gasteiger partial charge is 0.362 e. The third-order valence-electron chi connectivity index (χ3n) is 5.32. The SMILES string of the molecule is CC(C)N=C(N)c1ccc(OCCO/N=C(\C(=O)C[C@@H]2C(=O)N(S(=O)(=O)O)[C@H]2C)c2csc(N)n2)cc1. The van der Waals surface area contributed by atoms with Gasteiger partial charge in [0.2, 0.25) is 5.91 Å². The Hall–Kier alpha value is -3.56. The number of oxime groups is 1. The molecule has 1 aliphatic rings. The number of benzene rings is 1. The lowest BCUT2D eigenvalue weighted by Gasteiger charge is -2.41. The molecule has 200 valence electrons. The highest BCUT2D eigenvalue weighted by Crippen LogP contribution is 2.32. The van der Waals surface area contributed by atoms with E-state index >= 15 is 0 Å². The Morgan fingerprint density at radius 2 is 1.95 bits per heavy atom. The number of nitrogens with two attached hydrogens (primary N) is 2. The van der Waals surface area contributed by atoms with Crippen LogP contribution in [0.2, 0.25) is 0 Å². The summed E-state index contributed by atoms with van der Waals surface area (Å²) in [4.78, 5) is 38.7. The number of anilines is 1. The van der Waals surface area contributed by atoms with Gasteiger partial charge in [0.1, 0.15) is 23.9 Å². The van der Waals surface area contributed by atoms with Crippen molar-refractivity contribution in [2.24, 2.45) is 21.8 Å². The Morgan fingerprint density at radius 1 is 1.27 bits per heavy atom. The molecular formula is C22H28N6O7S2. The summed E-state index contributed by atoms with van der Waals surface area (Å²) in [5.74, 6) is -1.41. The van der Waals surface area contributed by atoms with Gasteiger partial charge in [-0.1, -0.05) is 5.16 Å². The minimum atomic E-state index is -4.69. The first-order valence-corrected chi connectivity index (χ1v) is 13.5. The van der Waals surface area contributed by atoms with Crippen LogP contribution in [-0.4, -0.2) is 70.8 Å². The second-order valence-electron chi connectivity index (χ2n) is 8.41. The third kappa shape index (κ3) is 7.02. The normalized spacial score (nSPS) is 18.6. The number of hydrogen-bond acceptors (Lipinski definition) is 11. The van der Waals surface area contributed by atoms with Gasteiger partial charge in [-0.3, -0.25) is 19.1 Å². The molecule has 0 aliphatic carbocycles. The summed E-state index contributed by atoms with van der Waals surface area (Å²) in [5.41, 5.74) is 12.4.